The number of para-hydroxylation sites is 1. The van der Waals surface area contributed by atoms with Crippen LogP contribution in [0.1, 0.15) is 38.2 Å². The quantitative estimate of drug-likeness (QED) is 0.291. The molecule has 30 heavy (non-hydrogen) atoms. The third-order valence-electron chi connectivity index (χ3n) is 6.52. The molecule has 2 aliphatic heterocycles. The second-order valence-corrected chi connectivity index (χ2v) is 12.6. The molecule has 2 heterocycles. The zero-order valence-electron chi connectivity index (χ0n) is 18.2. The van der Waals surface area contributed by atoms with Crippen LogP contribution in [-0.4, -0.2) is 51.8 Å². The zero-order valence-corrected chi connectivity index (χ0v) is 19.2. The first-order valence-corrected chi connectivity index (χ1v) is 13.6. The van der Waals surface area contributed by atoms with Crippen molar-refractivity contribution in [2.45, 2.75) is 62.9 Å². The summed E-state index contributed by atoms with van der Waals surface area (Å²) >= 11 is 0. The van der Waals surface area contributed by atoms with Crippen molar-refractivity contribution in [1.82, 2.24) is 0 Å². The van der Waals surface area contributed by atoms with Crippen molar-refractivity contribution < 1.29 is 28.3 Å². The summed E-state index contributed by atoms with van der Waals surface area (Å²) < 4.78 is 26.4. The minimum Gasteiger partial charge on any atom is -0.469 e. The lowest BCUT2D eigenvalue weighted by atomic mass is 9.82. The molecular weight excluding hydrogens is 405 g/mol. The Kier molecular flexibility index (Phi) is 6.69. The highest BCUT2D eigenvalue weighted by molar-refractivity contribution is 6.72. The topological polar surface area (TPSA) is 76.1 Å². The van der Waals surface area contributed by atoms with Crippen LogP contribution in [0.3, 0.4) is 0 Å². The van der Waals surface area contributed by atoms with Gasteiger partial charge in [-0.2, -0.15) is 0 Å². The Morgan fingerprint density at radius 3 is 2.67 bits per heavy atom. The number of fused-ring (bicyclic) bond motifs is 2. The van der Waals surface area contributed by atoms with Gasteiger partial charge < -0.3 is 23.6 Å². The third kappa shape index (κ3) is 3.81. The molecule has 1 saturated heterocycles. The van der Waals surface area contributed by atoms with Crippen molar-refractivity contribution in [2.75, 3.05) is 25.2 Å². The fourth-order valence-corrected chi connectivity index (χ4v) is 7.80. The molecule has 6 nitrogen and oxygen atoms in total. The average molecular weight is 438 g/mol. The van der Waals surface area contributed by atoms with Crippen molar-refractivity contribution in [3.05, 3.63) is 29.8 Å². The number of hydrogen-bond donors (Lipinski definition) is 1. The number of benzene rings is 1. The maximum Gasteiger partial charge on any atom is 0.305 e. The van der Waals surface area contributed by atoms with E-state index in [2.05, 4.69) is 4.74 Å². The monoisotopic (exact) mass is 437 g/mol. The highest BCUT2D eigenvalue weighted by atomic mass is 28.4. The van der Waals surface area contributed by atoms with Crippen LogP contribution in [0.5, 0.6) is 0 Å². The van der Waals surface area contributed by atoms with E-state index in [-0.39, 0.29) is 29.9 Å². The number of aliphatic hydroxyl groups is 1. The van der Waals surface area contributed by atoms with E-state index < -0.39 is 20.1 Å². The number of nitrogens with zero attached hydrogens (tertiary/aromatic N) is 1. The van der Waals surface area contributed by atoms with E-state index in [1.165, 1.54) is 7.11 Å². The number of aliphatic hydroxyl groups excluding tert-OH is 1. The van der Waals surface area contributed by atoms with E-state index in [4.69, 9.17) is 4.74 Å². The van der Waals surface area contributed by atoms with Crippen molar-refractivity contribution in [3.63, 3.8) is 0 Å². The minimum atomic E-state index is -3.16. The lowest BCUT2D eigenvalue weighted by Crippen LogP contribution is -2.45. The van der Waals surface area contributed by atoms with Crippen molar-refractivity contribution in [1.29, 1.82) is 0 Å². The lowest BCUT2D eigenvalue weighted by Gasteiger charge is -2.31. The number of methoxy groups -OCH3 is 1. The van der Waals surface area contributed by atoms with Gasteiger partial charge in [0.15, 0.2) is 5.60 Å². The summed E-state index contributed by atoms with van der Waals surface area (Å²) in [4.78, 5) is 26.8. The maximum absolute atomic E-state index is 15.3. The number of carbonyl (C=O) groups excluding carboxylic acids is 2. The second-order valence-electron chi connectivity index (χ2n) is 8.79. The van der Waals surface area contributed by atoms with Gasteiger partial charge >= 0.3 is 5.97 Å². The normalized spacial score (nSPS) is 28.3. The molecule has 8 heteroatoms. The molecule has 0 aromatic heterocycles. The zero-order chi connectivity index (χ0) is 22.1. The second kappa shape index (κ2) is 8.76. The number of hydrogen-bond acceptors (Lipinski definition) is 5. The van der Waals surface area contributed by atoms with Gasteiger partial charge in [0.2, 0.25) is 8.41 Å². The van der Waals surface area contributed by atoms with E-state index in [1.54, 1.807) is 18.0 Å². The fourth-order valence-electron chi connectivity index (χ4n) is 5.26. The van der Waals surface area contributed by atoms with Gasteiger partial charge in [-0.25, -0.2) is 0 Å². The van der Waals surface area contributed by atoms with Crippen LogP contribution in [0.2, 0.25) is 18.6 Å². The number of ether oxygens (including phenoxy) is 2. The molecule has 3 rings (SSSR count). The maximum atomic E-state index is 15.3. The van der Waals surface area contributed by atoms with Gasteiger partial charge in [-0.3, -0.25) is 9.59 Å². The molecule has 1 aromatic rings. The predicted octanol–water partition coefficient (Wildman–Crippen LogP) is 3.53. The summed E-state index contributed by atoms with van der Waals surface area (Å²) in [6.45, 7) is 5.55. The number of carbonyl (C=O) groups is 2. The van der Waals surface area contributed by atoms with Gasteiger partial charge in [0.25, 0.3) is 5.91 Å². The van der Waals surface area contributed by atoms with E-state index in [9.17, 15) is 14.7 Å². The van der Waals surface area contributed by atoms with Gasteiger partial charge in [0.05, 0.1) is 18.9 Å². The first-order valence-electron chi connectivity index (χ1n) is 10.6. The molecule has 0 unspecified atom stereocenters. The van der Waals surface area contributed by atoms with Crippen LogP contribution < -0.4 is 4.90 Å². The Bertz CT molecular complexity index is 798. The van der Waals surface area contributed by atoms with Gasteiger partial charge in [0.1, 0.15) is 0 Å². The van der Waals surface area contributed by atoms with Gasteiger partial charge in [-0.1, -0.05) is 25.1 Å². The van der Waals surface area contributed by atoms with Crippen LogP contribution in [-0.2, 0) is 24.7 Å². The molecular formula is C22H32FNO5Si. The minimum absolute atomic E-state index is 0.110. The Morgan fingerprint density at radius 1 is 1.33 bits per heavy atom. The standard InChI is InChI=1S/C22H32FNO5Si/c1-15-20(30(3,4)23)18(12-14-25)29-22(15)16-9-5-6-10-17(16)24(21(22)27)13-8-7-11-19(26)28-2/h5-6,9-10,15,18,20,25H,7-8,11-14H2,1-4H3/t15-,18+,20-,22+/m0/s1. The largest absolute Gasteiger partial charge is 0.469 e. The Hall–Kier alpha value is -1.77. The van der Waals surface area contributed by atoms with E-state index in [1.807, 2.05) is 31.2 Å². The lowest BCUT2D eigenvalue weighted by molar-refractivity contribution is -0.146. The van der Waals surface area contributed by atoms with Gasteiger partial charge in [0, 0.05) is 36.6 Å². The summed E-state index contributed by atoms with van der Waals surface area (Å²) in [6, 6.07) is 7.54. The summed E-state index contributed by atoms with van der Waals surface area (Å²) in [7, 11) is -1.80. The SMILES string of the molecule is COC(=O)CCCCN1C(=O)[C@]2(O[C@H](CCO)[C@@H]([Si](C)(C)F)[C@@H]2C)c2ccccc21. The molecule has 166 valence electrons. The fraction of sp³-hybridized carbons (Fsp3) is 0.636. The van der Waals surface area contributed by atoms with Crippen LogP contribution in [0.25, 0.3) is 0 Å². The number of halogens is 1. The number of rotatable bonds is 8. The molecule has 0 bridgehead atoms. The molecule has 1 spiro atoms. The molecule has 1 amide bonds. The number of anilines is 1. The van der Waals surface area contributed by atoms with Crippen molar-refractivity contribution in [3.8, 4) is 0 Å². The van der Waals surface area contributed by atoms with Crippen LogP contribution in [0.15, 0.2) is 24.3 Å². The summed E-state index contributed by atoms with van der Waals surface area (Å²) in [5, 5.41) is 9.53. The Balaban J connectivity index is 1.92. The molecule has 1 aromatic carbocycles. The first kappa shape index (κ1) is 22.9. The number of amides is 1. The molecule has 0 aliphatic carbocycles. The highest BCUT2D eigenvalue weighted by Gasteiger charge is 2.66. The summed E-state index contributed by atoms with van der Waals surface area (Å²) in [6.07, 6.45) is 1.38. The molecule has 0 radical (unpaired) electrons. The van der Waals surface area contributed by atoms with Gasteiger partial charge in [-0.05, 0) is 38.4 Å². The highest BCUT2D eigenvalue weighted by Crippen LogP contribution is 2.59. The summed E-state index contributed by atoms with van der Waals surface area (Å²) in [5.74, 6) is -0.774. The molecule has 2 aliphatic rings. The predicted molar refractivity (Wildman–Crippen MR) is 114 cm³/mol. The third-order valence-corrected chi connectivity index (χ3v) is 8.98. The smallest absolute Gasteiger partial charge is 0.305 e. The number of unbranched alkanes of at least 4 members (excludes halogenated alkanes) is 1. The van der Waals surface area contributed by atoms with E-state index in [0.29, 0.717) is 32.2 Å². The first-order chi connectivity index (χ1) is 14.2. The molecule has 0 saturated carbocycles. The Labute approximate surface area is 178 Å². The van der Waals surface area contributed by atoms with Gasteiger partial charge in [-0.15, -0.1) is 0 Å². The van der Waals surface area contributed by atoms with Crippen LogP contribution in [0, 0.1) is 5.92 Å². The van der Waals surface area contributed by atoms with Crippen LogP contribution >= 0.6 is 0 Å². The molecule has 1 N–H and O–H groups in total. The summed E-state index contributed by atoms with van der Waals surface area (Å²) in [5.41, 5.74) is -0.0472. The Morgan fingerprint density at radius 2 is 2.03 bits per heavy atom. The molecule has 4 atom stereocenters. The van der Waals surface area contributed by atoms with Crippen LogP contribution in [0.4, 0.5) is 9.80 Å². The van der Waals surface area contributed by atoms with Crippen molar-refractivity contribution in [2.24, 2.45) is 5.92 Å². The number of esters is 1. The molecule has 1 fully saturated rings. The van der Waals surface area contributed by atoms with E-state index in [0.717, 1.165) is 11.3 Å². The average Bonchev–Trinajstić information content (AvgIpc) is 3.12. The van der Waals surface area contributed by atoms with E-state index >= 15 is 4.11 Å². The van der Waals surface area contributed by atoms with Crippen molar-refractivity contribution >= 4 is 26.0 Å².